The molecule has 0 aliphatic rings. The van der Waals surface area contributed by atoms with Gasteiger partial charge in [-0.1, -0.05) is 24.6 Å². The summed E-state index contributed by atoms with van der Waals surface area (Å²) in [6.45, 7) is 3.74. The summed E-state index contributed by atoms with van der Waals surface area (Å²) < 4.78 is 10.4. The molecule has 0 radical (unpaired) electrons. The summed E-state index contributed by atoms with van der Waals surface area (Å²) in [5, 5.41) is 3.68. The van der Waals surface area contributed by atoms with Crippen LogP contribution in [0.4, 0.5) is 5.69 Å². The maximum Gasteiger partial charge on any atom is 0.346 e. The van der Waals surface area contributed by atoms with Crippen LogP contribution >= 0.6 is 11.6 Å². The van der Waals surface area contributed by atoms with E-state index in [0.29, 0.717) is 23.1 Å². The van der Waals surface area contributed by atoms with Gasteiger partial charge >= 0.3 is 11.6 Å². The average molecular weight is 296 g/mol. The van der Waals surface area contributed by atoms with E-state index in [-0.39, 0.29) is 16.9 Å². The molecule has 1 aromatic carbocycles. The highest BCUT2D eigenvalue weighted by atomic mass is 35.5. The molecule has 0 atom stereocenters. The lowest BCUT2D eigenvalue weighted by Gasteiger charge is -2.08. The van der Waals surface area contributed by atoms with Gasteiger partial charge in [-0.2, -0.15) is 0 Å². The van der Waals surface area contributed by atoms with Gasteiger partial charge in [-0.15, -0.1) is 0 Å². The molecule has 5 nitrogen and oxygen atoms in total. The molecule has 2 rings (SSSR count). The van der Waals surface area contributed by atoms with Gasteiger partial charge in [0.05, 0.1) is 12.0 Å². The molecule has 0 saturated heterocycles. The highest BCUT2D eigenvalue weighted by Gasteiger charge is 2.14. The Hall–Kier alpha value is -2.01. The maximum absolute atomic E-state index is 11.9. The van der Waals surface area contributed by atoms with Crippen molar-refractivity contribution in [2.24, 2.45) is 0 Å². The Morgan fingerprint density at radius 1 is 1.40 bits per heavy atom. The Balaban J connectivity index is 2.53. The monoisotopic (exact) mass is 295 g/mol. The highest BCUT2D eigenvalue weighted by Crippen LogP contribution is 2.31. The first-order valence-corrected chi connectivity index (χ1v) is 6.57. The topological polar surface area (TPSA) is 68.5 Å². The number of amides is 1. The van der Waals surface area contributed by atoms with Gasteiger partial charge in [-0.25, -0.2) is 4.79 Å². The Bertz CT molecular complexity index is 708. The SMILES string of the molecule is CCCOc1oc(=O)c2cc(NC(C)=O)ccc2c1Cl. The fourth-order valence-electron chi connectivity index (χ4n) is 1.77. The summed E-state index contributed by atoms with van der Waals surface area (Å²) in [6.07, 6.45) is 0.777. The summed E-state index contributed by atoms with van der Waals surface area (Å²) in [5.74, 6) is -0.193. The lowest BCUT2D eigenvalue weighted by atomic mass is 10.1. The summed E-state index contributed by atoms with van der Waals surface area (Å²) in [7, 11) is 0. The summed E-state index contributed by atoms with van der Waals surface area (Å²) in [6, 6.07) is 4.84. The first-order chi connectivity index (χ1) is 9.52. The molecular weight excluding hydrogens is 282 g/mol. The Labute approximate surface area is 120 Å². The van der Waals surface area contributed by atoms with E-state index in [1.165, 1.54) is 13.0 Å². The van der Waals surface area contributed by atoms with Crippen molar-refractivity contribution in [3.8, 4) is 5.95 Å². The second kappa shape index (κ2) is 5.96. The quantitative estimate of drug-likeness (QED) is 0.940. The number of hydrogen-bond donors (Lipinski definition) is 1. The van der Waals surface area contributed by atoms with Crippen molar-refractivity contribution >= 4 is 34.0 Å². The molecule has 0 spiro atoms. The van der Waals surface area contributed by atoms with Gasteiger partial charge in [-0.3, -0.25) is 4.79 Å². The fourth-order valence-corrected chi connectivity index (χ4v) is 2.02. The van der Waals surface area contributed by atoms with E-state index >= 15 is 0 Å². The lowest BCUT2D eigenvalue weighted by Crippen LogP contribution is -2.08. The third kappa shape index (κ3) is 2.93. The van der Waals surface area contributed by atoms with Crippen LogP contribution in [-0.2, 0) is 4.79 Å². The van der Waals surface area contributed by atoms with E-state index in [0.717, 1.165) is 6.42 Å². The molecule has 0 saturated carbocycles. The van der Waals surface area contributed by atoms with E-state index in [2.05, 4.69) is 5.32 Å². The summed E-state index contributed by atoms with van der Waals surface area (Å²) in [4.78, 5) is 22.9. The highest BCUT2D eigenvalue weighted by molar-refractivity contribution is 6.36. The Morgan fingerprint density at radius 2 is 2.15 bits per heavy atom. The average Bonchev–Trinajstić information content (AvgIpc) is 2.40. The number of anilines is 1. The number of carbonyl (C=O) groups is 1. The van der Waals surface area contributed by atoms with Crippen LogP contribution in [0.25, 0.3) is 10.8 Å². The van der Waals surface area contributed by atoms with Crippen molar-refractivity contribution in [2.45, 2.75) is 20.3 Å². The molecular formula is C14H14ClNO4. The molecule has 1 heterocycles. The third-order valence-corrected chi connectivity index (χ3v) is 2.96. The van der Waals surface area contributed by atoms with Gasteiger partial charge in [0.1, 0.15) is 5.02 Å². The summed E-state index contributed by atoms with van der Waals surface area (Å²) in [5.41, 5.74) is -0.0432. The van der Waals surface area contributed by atoms with Gasteiger partial charge in [0, 0.05) is 18.0 Å². The van der Waals surface area contributed by atoms with Crippen molar-refractivity contribution < 1.29 is 13.9 Å². The van der Waals surface area contributed by atoms with Gasteiger partial charge < -0.3 is 14.5 Å². The minimum absolute atomic E-state index is 0.0262. The van der Waals surface area contributed by atoms with Crippen LogP contribution in [0.5, 0.6) is 5.95 Å². The van der Waals surface area contributed by atoms with Crippen LogP contribution in [-0.4, -0.2) is 12.5 Å². The number of carbonyl (C=O) groups excluding carboxylic acids is 1. The number of nitrogens with one attached hydrogen (secondary N) is 1. The van der Waals surface area contributed by atoms with Gasteiger partial charge in [0.15, 0.2) is 0 Å². The second-order valence-electron chi connectivity index (χ2n) is 4.28. The predicted octanol–water partition coefficient (Wildman–Crippen LogP) is 3.19. The molecule has 106 valence electrons. The predicted molar refractivity (Wildman–Crippen MR) is 77.6 cm³/mol. The van der Waals surface area contributed by atoms with Crippen molar-refractivity contribution in [2.75, 3.05) is 11.9 Å². The van der Waals surface area contributed by atoms with Crippen LogP contribution in [0, 0.1) is 0 Å². The number of halogens is 1. The van der Waals surface area contributed by atoms with Gasteiger partial charge in [0.25, 0.3) is 0 Å². The minimum Gasteiger partial charge on any atom is -0.464 e. The molecule has 0 bridgehead atoms. The fraction of sp³-hybridized carbons (Fsp3) is 0.286. The Morgan fingerprint density at radius 3 is 2.80 bits per heavy atom. The number of ether oxygens (including phenoxy) is 1. The van der Waals surface area contributed by atoms with Crippen molar-refractivity contribution in [1.29, 1.82) is 0 Å². The van der Waals surface area contributed by atoms with Crippen molar-refractivity contribution in [1.82, 2.24) is 0 Å². The summed E-state index contributed by atoms with van der Waals surface area (Å²) >= 11 is 6.16. The molecule has 0 fully saturated rings. The number of benzene rings is 1. The molecule has 2 aromatic rings. The first-order valence-electron chi connectivity index (χ1n) is 6.19. The molecule has 0 unspecified atom stereocenters. The molecule has 0 aliphatic heterocycles. The van der Waals surface area contributed by atoms with Crippen LogP contribution in [0.2, 0.25) is 5.02 Å². The smallest absolute Gasteiger partial charge is 0.346 e. The second-order valence-corrected chi connectivity index (χ2v) is 4.66. The van der Waals surface area contributed by atoms with Crippen LogP contribution in [0.15, 0.2) is 27.4 Å². The van der Waals surface area contributed by atoms with E-state index in [1.807, 2.05) is 6.92 Å². The van der Waals surface area contributed by atoms with Crippen LogP contribution in [0.1, 0.15) is 20.3 Å². The zero-order valence-electron chi connectivity index (χ0n) is 11.2. The van der Waals surface area contributed by atoms with Gasteiger partial charge in [0.2, 0.25) is 5.91 Å². The molecule has 1 N–H and O–H groups in total. The molecule has 6 heteroatoms. The number of fused-ring (bicyclic) bond motifs is 1. The normalized spacial score (nSPS) is 10.6. The third-order valence-electron chi connectivity index (χ3n) is 2.60. The van der Waals surface area contributed by atoms with Crippen molar-refractivity contribution in [3.63, 3.8) is 0 Å². The van der Waals surface area contributed by atoms with E-state index in [9.17, 15) is 9.59 Å². The molecule has 1 aromatic heterocycles. The lowest BCUT2D eigenvalue weighted by molar-refractivity contribution is -0.114. The molecule has 20 heavy (non-hydrogen) atoms. The first kappa shape index (κ1) is 14.4. The Kier molecular flexibility index (Phi) is 4.29. The van der Waals surface area contributed by atoms with E-state index in [4.69, 9.17) is 20.8 Å². The minimum atomic E-state index is -0.553. The standard InChI is InChI=1S/C14H14ClNO4/c1-3-6-19-14-12(15)10-5-4-9(16-8(2)17)7-11(10)13(18)20-14/h4-5,7H,3,6H2,1-2H3,(H,16,17). The maximum atomic E-state index is 11.9. The van der Waals surface area contributed by atoms with Crippen LogP contribution in [0.3, 0.4) is 0 Å². The largest absolute Gasteiger partial charge is 0.464 e. The number of hydrogen-bond acceptors (Lipinski definition) is 4. The van der Waals surface area contributed by atoms with E-state index < -0.39 is 5.63 Å². The van der Waals surface area contributed by atoms with Crippen molar-refractivity contribution in [3.05, 3.63) is 33.6 Å². The van der Waals surface area contributed by atoms with Gasteiger partial charge in [-0.05, 0) is 18.6 Å². The molecule has 1 amide bonds. The molecule has 0 aliphatic carbocycles. The zero-order chi connectivity index (χ0) is 14.7. The van der Waals surface area contributed by atoms with E-state index in [1.54, 1.807) is 12.1 Å². The van der Waals surface area contributed by atoms with Crippen LogP contribution < -0.4 is 15.7 Å². The number of rotatable bonds is 4. The zero-order valence-corrected chi connectivity index (χ0v) is 11.9.